The van der Waals surface area contributed by atoms with Gasteiger partial charge in [-0.25, -0.2) is 4.98 Å². The Morgan fingerprint density at radius 3 is 2.79 bits per heavy atom. The third-order valence-corrected chi connectivity index (χ3v) is 5.45. The minimum Gasteiger partial charge on any atom is -0.333 e. The van der Waals surface area contributed by atoms with E-state index in [2.05, 4.69) is 15.3 Å². The van der Waals surface area contributed by atoms with Crippen molar-refractivity contribution in [3.63, 3.8) is 0 Å². The number of nitrogens with one attached hydrogen (secondary N) is 2. The van der Waals surface area contributed by atoms with Gasteiger partial charge in [0.15, 0.2) is 5.16 Å². The van der Waals surface area contributed by atoms with E-state index in [1.807, 2.05) is 44.2 Å². The predicted molar refractivity (Wildman–Crippen MR) is 119 cm³/mol. The molecule has 0 unspecified atom stereocenters. The molecule has 0 atom stereocenters. The van der Waals surface area contributed by atoms with E-state index in [0.29, 0.717) is 16.7 Å². The lowest BCUT2D eigenvalue weighted by Crippen LogP contribution is -2.39. The van der Waals surface area contributed by atoms with Crippen LogP contribution in [0.2, 0.25) is 5.02 Å². The van der Waals surface area contributed by atoms with E-state index in [9.17, 15) is 9.59 Å². The van der Waals surface area contributed by atoms with Gasteiger partial charge in [-0.05, 0) is 43.2 Å². The average molecular weight is 431 g/mol. The standard InChI is InChI=1S/C21H23ClN4O2S/c1-3-10-26(12-19(27)23-16-7-5-4-6-14(16)2)20(28)13-29-21-24-17-9-8-15(22)11-18(17)25-21/h4-9,11H,3,10,12-13H2,1-2H3,(H,23,27)(H,24,25). The van der Waals surface area contributed by atoms with Crippen molar-refractivity contribution in [1.82, 2.24) is 14.9 Å². The molecule has 2 amide bonds. The Morgan fingerprint density at radius 1 is 1.24 bits per heavy atom. The number of aryl methyl sites for hydroxylation is 1. The van der Waals surface area contributed by atoms with E-state index in [-0.39, 0.29) is 24.1 Å². The van der Waals surface area contributed by atoms with Crippen LogP contribution in [0.25, 0.3) is 11.0 Å². The average Bonchev–Trinajstić information content (AvgIpc) is 3.09. The van der Waals surface area contributed by atoms with Crippen molar-refractivity contribution < 1.29 is 9.59 Å². The number of aromatic nitrogens is 2. The second-order valence-corrected chi connectivity index (χ2v) is 8.07. The quantitative estimate of drug-likeness (QED) is 0.516. The van der Waals surface area contributed by atoms with Crippen LogP contribution in [0.3, 0.4) is 0 Å². The second-order valence-electron chi connectivity index (χ2n) is 6.67. The van der Waals surface area contributed by atoms with Crippen LogP contribution < -0.4 is 5.32 Å². The summed E-state index contributed by atoms with van der Waals surface area (Å²) >= 11 is 7.31. The zero-order chi connectivity index (χ0) is 20.8. The zero-order valence-electron chi connectivity index (χ0n) is 16.4. The number of fused-ring (bicyclic) bond motifs is 1. The lowest BCUT2D eigenvalue weighted by molar-refractivity contribution is -0.132. The summed E-state index contributed by atoms with van der Waals surface area (Å²) in [7, 11) is 0. The van der Waals surface area contributed by atoms with Gasteiger partial charge in [-0.1, -0.05) is 48.5 Å². The van der Waals surface area contributed by atoms with Gasteiger partial charge >= 0.3 is 0 Å². The highest BCUT2D eigenvalue weighted by molar-refractivity contribution is 7.99. The Hall–Kier alpha value is -2.51. The molecular weight excluding hydrogens is 408 g/mol. The lowest BCUT2D eigenvalue weighted by atomic mass is 10.2. The number of imidazole rings is 1. The first-order valence-electron chi connectivity index (χ1n) is 9.37. The number of para-hydroxylation sites is 1. The normalized spacial score (nSPS) is 10.9. The van der Waals surface area contributed by atoms with Gasteiger partial charge in [0.1, 0.15) is 0 Å². The summed E-state index contributed by atoms with van der Waals surface area (Å²) in [6.07, 6.45) is 0.775. The number of rotatable bonds is 8. The third-order valence-electron chi connectivity index (χ3n) is 4.35. The van der Waals surface area contributed by atoms with Crippen LogP contribution in [0.1, 0.15) is 18.9 Å². The van der Waals surface area contributed by atoms with Crippen molar-refractivity contribution in [3.8, 4) is 0 Å². The second kappa shape index (κ2) is 9.80. The van der Waals surface area contributed by atoms with Crippen LogP contribution in [0.15, 0.2) is 47.6 Å². The monoisotopic (exact) mass is 430 g/mol. The molecule has 3 rings (SSSR count). The SMILES string of the molecule is CCCN(CC(=O)Nc1ccccc1C)C(=O)CSc1nc2ccc(Cl)cc2[nH]1. The number of hydrogen-bond acceptors (Lipinski definition) is 4. The van der Waals surface area contributed by atoms with Crippen molar-refractivity contribution >= 4 is 51.9 Å². The highest BCUT2D eigenvalue weighted by atomic mass is 35.5. The Bertz CT molecular complexity index is 1020. The minimum atomic E-state index is -0.204. The Morgan fingerprint density at radius 2 is 2.03 bits per heavy atom. The highest BCUT2D eigenvalue weighted by Gasteiger charge is 2.18. The zero-order valence-corrected chi connectivity index (χ0v) is 17.9. The van der Waals surface area contributed by atoms with Crippen LogP contribution in [0.5, 0.6) is 0 Å². The summed E-state index contributed by atoms with van der Waals surface area (Å²) < 4.78 is 0. The smallest absolute Gasteiger partial charge is 0.244 e. The molecule has 0 spiro atoms. The number of thioether (sulfide) groups is 1. The predicted octanol–water partition coefficient (Wildman–Crippen LogP) is 4.49. The van der Waals surface area contributed by atoms with Crippen LogP contribution in [0.4, 0.5) is 5.69 Å². The van der Waals surface area contributed by atoms with Crippen LogP contribution in [-0.4, -0.2) is 45.5 Å². The van der Waals surface area contributed by atoms with Crippen LogP contribution in [-0.2, 0) is 9.59 Å². The number of nitrogens with zero attached hydrogens (tertiary/aromatic N) is 2. The Kier molecular flexibility index (Phi) is 7.17. The number of anilines is 1. The fourth-order valence-electron chi connectivity index (χ4n) is 2.89. The van der Waals surface area contributed by atoms with E-state index >= 15 is 0 Å². The molecule has 2 N–H and O–H groups in total. The largest absolute Gasteiger partial charge is 0.333 e. The van der Waals surface area contributed by atoms with Crippen LogP contribution in [0, 0.1) is 6.92 Å². The van der Waals surface area contributed by atoms with Crippen molar-refractivity contribution in [2.75, 3.05) is 24.2 Å². The van der Waals surface area contributed by atoms with Gasteiger partial charge in [0, 0.05) is 17.3 Å². The van der Waals surface area contributed by atoms with Gasteiger partial charge in [0.25, 0.3) is 0 Å². The molecule has 6 nitrogen and oxygen atoms in total. The van der Waals surface area contributed by atoms with Gasteiger partial charge in [-0.15, -0.1) is 0 Å². The molecule has 0 aliphatic heterocycles. The number of benzene rings is 2. The third kappa shape index (κ3) is 5.74. The summed E-state index contributed by atoms with van der Waals surface area (Å²) in [5.74, 6) is -0.106. The first-order valence-corrected chi connectivity index (χ1v) is 10.7. The first-order chi connectivity index (χ1) is 14.0. The molecule has 0 saturated heterocycles. The summed E-state index contributed by atoms with van der Waals surface area (Å²) in [5.41, 5.74) is 3.37. The molecule has 0 aliphatic rings. The molecule has 1 aromatic heterocycles. The lowest BCUT2D eigenvalue weighted by Gasteiger charge is -2.21. The number of aromatic amines is 1. The van der Waals surface area contributed by atoms with Gasteiger partial charge in [0.2, 0.25) is 11.8 Å². The molecule has 2 aromatic carbocycles. The molecule has 152 valence electrons. The number of H-pyrrole nitrogens is 1. The van der Waals surface area contributed by atoms with E-state index in [1.165, 1.54) is 11.8 Å². The Labute approximate surface area is 179 Å². The maximum Gasteiger partial charge on any atom is 0.244 e. The molecular formula is C21H23ClN4O2S. The van der Waals surface area contributed by atoms with Crippen LogP contribution >= 0.6 is 23.4 Å². The number of amides is 2. The van der Waals surface area contributed by atoms with Gasteiger partial charge in [0.05, 0.1) is 23.3 Å². The molecule has 0 fully saturated rings. The molecule has 0 bridgehead atoms. The molecule has 0 saturated carbocycles. The number of carbonyl (C=O) groups is 2. The summed E-state index contributed by atoms with van der Waals surface area (Å²) in [5, 5.41) is 4.16. The van der Waals surface area contributed by atoms with Gasteiger partial charge in [-0.2, -0.15) is 0 Å². The summed E-state index contributed by atoms with van der Waals surface area (Å²) in [6, 6.07) is 13.0. The molecule has 0 radical (unpaired) electrons. The van der Waals surface area contributed by atoms with E-state index in [4.69, 9.17) is 11.6 Å². The molecule has 29 heavy (non-hydrogen) atoms. The van der Waals surface area contributed by atoms with Gasteiger partial charge in [-0.3, -0.25) is 9.59 Å². The molecule has 1 heterocycles. The maximum absolute atomic E-state index is 12.7. The maximum atomic E-state index is 12.7. The number of carbonyl (C=O) groups excluding carboxylic acids is 2. The fourth-order valence-corrected chi connectivity index (χ4v) is 3.85. The van der Waals surface area contributed by atoms with Gasteiger partial charge < -0.3 is 15.2 Å². The Balaban J connectivity index is 1.59. The first kappa shape index (κ1) is 21.2. The number of hydrogen-bond donors (Lipinski definition) is 2. The summed E-state index contributed by atoms with van der Waals surface area (Å²) in [6.45, 7) is 4.46. The molecule has 3 aromatic rings. The topological polar surface area (TPSA) is 78.1 Å². The van der Waals surface area contributed by atoms with E-state index < -0.39 is 0 Å². The highest BCUT2D eigenvalue weighted by Crippen LogP contribution is 2.22. The molecule has 8 heteroatoms. The van der Waals surface area contributed by atoms with Crippen molar-refractivity contribution in [1.29, 1.82) is 0 Å². The van der Waals surface area contributed by atoms with Crippen molar-refractivity contribution in [3.05, 3.63) is 53.1 Å². The fraction of sp³-hybridized carbons (Fsp3) is 0.286. The van der Waals surface area contributed by atoms with Crippen molar-refractivity contribution in [2.24, 2.45) is 0 Å². The summed E-state index contributed by atoms with van der Waals surface area (Å²) in [4.78, 5) is 34.3. The van der Waals surface area contributed by atoms with E-state index in [1.54, 1.807) is 17.0 Å². The van der Waals surface area contributed by atoms with E-state index in [0.717, 1.165) is 28.7 Å². The minimum absolute atomic E-state index is 0.0251. The molecule has 0 aliphatic carbocycles. The number of halogens is 1. The van der Waals surface area contributed by atoms with Crippen molar-refractivity contribution in [2.45, 2.75) is 25.4 Å².